The van der Waals surface area contributed by atoms with Crippen molar-refractivity contribution in [3.05, 3.63) is 35.9 Å². The first-order valence-electron chi connectivity index (χ1n) is 7.42. The van der Waals surface area contributed by atoms with Gasteiger partial charge in [0.15, 0.2) is 0 Å². The van der Waals surface area contributed by atoms with Gasteiger partial charge in [0.25, 0.3) is 0 Å². The average molecular weight is 285 g/mol. The number of carbonyl (C=O) groups is 1. The van der Waals surface area contributed by atoms with Gasteiger partial charge < -0.3 is 9.80 Å². The van der Waals surface area contributed by atoms with Gasteiger partial charge in [-0.3, -0.25) is 4.79 Å². The van der Waals surface area contributed by atoms with Crippen LogP contribution in [0.3, 0.4) is 0 Å². The highest BCUT2D eigenvalue weighted by molar-refractivity contribution is 5.78. The molecule has 21 heavy (non-hydrogen) atoms. The summed E-state index contributed by atoms with van der Waals surface area (Å²) in [6.07, 6.45) is 2.30. The van der Waals surface area contributed by atoms with Crippen LogP contribution in [-0.2, 0) is 11.2 Å². The molecule has 1 fully saturated rings. The van der Waals surface area contributed by atoms with Crippen molar-refractivity contribution in [3.8, 4) is 6.07 Å². The van der Waals surface area contributed by atoms with Gasteiger partial charge in [-0.15, -0.1) is 0 Å². The van der Waals surface area contributed by atoms with Crippen LogP contribution in [-0.4, -0.2) is 49.4 Å². The molecule has 1 heterocycles. The van der Waals surface area contributed by atoms with Crippen molar-refractivity contribution >= 4 is 5.91 Å². The molecule has 1 aliphatic heterocycles. The number of carbonyl (C=O) groups excluding carboxylic acids is 1. The van der Waals surface area contributed by atoms with E-state index >= 15 is 0 Å². The summed E-state index contributed by atoms with van der Waals surface area (Å²) in [6, 6.07) is 12.7. The smallest absolute Gasteiger partial charge is 0.236 e. The second-order valence-electron chi connectivity index (χ2n) is 6.17. The first-order valence-corrected chi connectivity index (χ1v) is 7.42. The summed E-state index contributed by atoms with van der Waals surface area (Å²) in [6.45, 7) is 1.82. The fourth-order valence-electron chi connectivity index (χ4n) is 2.87. The Morgan fingerprint density at radius 1 is 1.29 bits per heavy atom. The molecule has 1 saturated heterocycles. The lowest BCUT2D eigenvalue weighted by Gasteiger charge is -2.37. The zero-order valence-corrected chi connectivity index (χ0v) is 12.9. The Labute approximate surface area is 127 Å². The number of nitriles is 1. The molecular formula is C17H23N3O. The number of nitrogens with zero attached hydrogens (tertiary/aromatic N) is 3. The van der Waals surface area contributed by atoms with Crippen molar-refractivity contribution in [2.45, 2.75) is 19.3 Å². The molecule has 4 heteroatoms. The number of benzene rings is 1. The minimum absolute atomic E-state index is 0.159. The van der Waals surface area contributed by atoms with Gasteiger partial charge in [0, 0.05) is 13.1 Å². The van der Waals surface area contributed by atoms with Crippen molar-refractivity contribution in [2.75, 3.05) is 33.7 Å². The van der Waals surface area contributed by atoms with Gasteiger partial charge in [-0.1, -0.05) is 30.3 Å². The number of amides is 1. The Morgan fingerprint density at radius 2 is 1.90 bits per heavy atom. The van der Waals surface area contributed by atoms with Gasteiger partial charge in [-0.25, -0.2) is 0 Å². The summed E-state index contributed by atoms with van der Waals surface area (Å²) in [5.41, 5.74) is 0.878. The molecule has 0 N–H and O–H groups in total. The maximum absolute atomic E-state index is 12.1. The predicted octanol–water partition coefficient (Wildman–Crippen LogP) is 1.92. The number of hydrogen-bond acceptors (Lipinski definition) is 3. The van der Waals surface area contributed by atoms with E-state index in [2.05, 4.69) is 18.2 Å². The normalized spacial score (nSPS) is 17.5. The van der Waals surface area contributed by atoms with Crippen LogP contribution in [0.15, 0.2) is 30.3 Å². The number of rotatable bonds is 4. The Bertz CT molecular complexity index is 511. The summed E-state index contributed by atoms with van der Waals surface area (Å²) in [5, 5.41) is 9.61. The van der Waals surface area contributed by atoms with Crippen molar-refractivity contribution in [2.24, 2.45) is 5.41 Å². The molecule has 0 atom stereocenters. The molecule has 4 nitrogen and oxygen atoms in total. The highest BCUT2D eigenvalue weighted by Gasteiger charge is 2.36. The van der Waals surface area contributed by atoms with Crippen molar-refractivity contribution in [1.29, 1.82) is 5.26 Å². The number of likely N-dealkylation sites (tertiary alicyclic amines) is 1. The third-order valence-corrected chi connectivity index (χ3v) is 4.15. The Morgan fingerprint density at radius 3 is 2.43 bits per heavy atom. The average Bonchev–Trinajstić information content (AvgIpc) is 2.48. The molecule has 0 bridgehead atoms. The third-order valence-electron chi connectivity index (χ3n) is 4.15. The van der Waals surface area contributed by atoms with Gasteiger partial charge in [-0.05, 0) is 38.9 Å². The minimum atomic E-state index is -0.323. The molecule has 1 aromatic carbocycles. The van der Waals surface area contributed by atoms with Crippen LogP contribution in [0.2, 0.25) is 0 Å². The molecule has 0 saturated carbocycles. The van der Waals surface area contributed by atoms with Gasteiger partial charge >= 0.3 is 0 Å². The molecule has 0 spiro atoms. The van der Waals surface area contributed by atoms with E-state index in [1.165, 1.54) is 5.56 Å². The molecular weight excluding hydrogens is 262 g/mol. The maximum Gasteiger partial charge on any atom is 0.236 e. The molecule has 2 rings (SSSR count). The first-order chi connectivity index (χ1) is 10.0. The van der Waals surface area contributed by atoms with E-state index in [4.69, 9.17) is 0 Å². The highest BCUT2D eigenvalue weighted by Crippen LogP contribution is 2.34. The third kappa shape index (κ3) is 4.05. The Balaban J connectivity index is 1.97. The predicted molar refractivity (Wildman–Crippen MR) is 82.6 cm³/mol. The van der Waals surface area contributed by atoms with Crippen LogP contribution in [0.4, 0.5) is 0 Å². The molecule has 112 valence electrons. The Hall–Kier alpha value is -1.86. The van der Waals surface area contributed by atoms with Crippen LogP contribution < -0.4 is 0 Å². The fraction of sp³-hybridized carbons (Fsp3) is 0.529. The second kappa shape index (κ2) is 6.73. The lowest BCUT2D eigenvalue weighted by atomic mass is 9.75. The largest absolute Gasteiger partial charge is 0.341 e. The number of likely N-dealkylation sites (N-methyl/N-ethyl adjacent to an activating group) is 1. The van der Waals surface area contributed by atoms with Crippen LogP contribution in [0.5, 0.6) is 0 Å². The number of piperidine rings is 1. The lowest BCUT2D eigenvalue weighted by molar-refractivity contribution is -0.133. The molecule has 1 aromatic rings. The summed E-state index contributed by atoms with van der Waals surface area (Å²) in [5.74, 6) is 0.159. The van der Waals surface area contributed by atoms with Gasteiger partial charge in [-0.2, -0.15) is 5.26 Å². The molecule has 1 aliphatic rings. The minimum Gasteiger partial charge on any atom is -0.341 e. The second-order valence-corrected chi connectivity index (χ2v) is 6.17. The van der Waals surface area contributed by atoms with E-state index in [1.54, 1.807) is 0 Å². The SMILES string of the molecule is CN(C)CC(=O)N1CCC(C#N)(Cc2ccccc2)CC1. The van der Waals surface area contributed by atoms with Crippen molar-refractivity contribution in [1.82, 2.24) is 9.80 Å². The molecule has 0 radical (unpaired) electrons. The van der Waals surface area contributed by atoms with E-state index in [1.807, 2.05) is 42.1 Å². The monoisotopic (exact) mass is 285 g/mol. The van der Waals surface area contributed by atoms with E-state index in [9.17, 15) is 10.1 Å². The zero-order valence-electron chi connectivity index (χ0n) is 12.9. The quantitative estimate of drug-likeness (QED) is 0.849. The van der Waals surface area contributed by atoms with E-state index < -0.39 is 0 Å². The summed E-state index contributed by atoms with van der Waals surface area (Å²) in [7, 11) is 3.80. The molecule has 0 unspecified atom stereocenters. The van der Waals surface area contributed by atoms with Crippen LogP contribution in [0, 0.1) is 16.7 Å². The van der Waals surface area contributed by atoms with Gasteiger partial charge in [0.1, 0.15) is 0 Å². The molecule has 0 aliphatic carbocycles. The number of hydrogen-bond donors (Lipinski definition) is 0. The van der Waals surface area contributed by atoms with Gasteiger partial charge in [0.2, 0.25) is 5.91 Å². The summed E-state index contributed by atoms with van der Waals surface area (Å²) in [4.78, 5) is 15.8. The van der Waals surface area contributed by atoms with E-state index in [0.29, 0.717) is 19.6 Å². The first kappa shape index (κ1) is 15.5. The highest BCUT2D eigenvalue weighted by atomic mass is 16.2. The van der Waals surface area contributed by atoms with Gasteiger partial charge in [0.05, 0.1) is 18.0 Å². The van der Waals surface area contributed by atoms with E-state index in [-0.39, 0.29) is 11.3 Å². The lowest BCUT2D eigenvalue weighted by Crippen LogP contribution is -2.46. The topological polar surface area (TPSA) is 47.3 Å². The molecule has 0 aromatic heterocycles. The van der Waals surface area contributed by atoms with E-state index in [0.717, 1.165) is 19.3 Å². The Kier molecular flexibility index (Phi) is 4.98. The van der Waals surface area contributed by atoms with Crippen LogP contribution in [0.25, 0.3) is 0 Å². The fourth-order valence-corrected chi connectivity index (χ4v) is 2.87. The standard InChI is InChI=1S/C17H23N3O/c1-19(2)13-16(21)20-10-8-17(14-18,9-11-20)12-15-6-4-3-5-7-15/h3-7H,8-13H2,1-2H3. The van der Waals surface area contributed by atoms with Crippen molar-refractivity contribution in [3.63, 3.8) is 0 Å². The summed E-state index contributed by atoms with van der Waals surface area (Å²) >= 11 is 0. The zero-order chi connectivity index (χ0) is 15.3. The summed E-state index contributed by atoms with van der Waals surface area (Å²) < 4.78 is 0. The molecule has 1 amide bonds. The van der Waals surface area contributed by atoms with Crippen LogP contribution in [0.1, 0.15) is 18.4 Å². The van der Waals surface area contributed by atoms with Crippen LogP contribution >= 0.6 is 0 Å². The van der Waals surface area contributed by atoms with Crippen molar-refractivity contribution < 1.29 is 4.79 Å². The maximum atomic E-state index is 12.1.